The van der Waals surface area contributed by atoms with Crippen molar-refractivity contribution in [1.82, 2.24) is 4.57 Å². The van der Waals surface area contributed by atoms with Gasteiger partial charge in [0.2, 0.25) is 5.78 Å². The van der Waals surface area contributed by atoms with Gasteiger partial charge in [0.25, 0.3) is 0 Å². The van der Waals surface area contributed by atoms with Crippen molar-refractivity contribution in [2.45, 2.75) is 19.9 Å². The van der Waals surface area contributed by atoms with Crippen LogP contribution in [0.5, 0.6) is 0 Å². The van der Waals surface area contributed by atoms with Crippen LogP contribution >= 0.6 is 11.6 Å². The molecule has 19 heavy (non-hydrogen) atoms. The van der Waals surface area contributed by atoms with Crippen LogP contribution in [-0.2, 0) is 13.0 Å². The quantitative estimate of drug-likeness (QED) is 0.800. The lowest BCUT2D eigenvalue weighted by atomic mass is 10.1. The number of carbonyl (C=O) groups is 1. The number of rotatable bonds is 4. The molecular formula is C15H13ClN2O. The Bertz CT molecular complexity index is 635. The van der Waals surface area contributed by atoms with Crippen molar-refractivity contribution in [1.29, 1.82) is 5.26 Å². The molecule has 0 aliphatic rings. The highest BCUT2D eigenvalue weighted by atomic mass is 35.5. The first-order chi connectivity index (χ1) is 9.17. The van der Waals surface area contributed by atoms with Crippen LogP contribution in [0.3, 0.4) is 0 Å². The number of hydrogen-bond acceptors (Lipinski definition) is 2. The molecule has 0 fully saturated rings. The molecule has 0 atom stereocenters. The van der Waals surface area contributed by atoms with Crippen LogP contribution < -0.4 is 0 Å². The second-order valence-corrected chi connectivity index (χ2v) is 4.56. The minimum Gasteiger partial charge on any atom is -0.341 e. The van der Waals surface area contributed by atoms with Crippen LogP contribution in [0, 0.1) is 11.3 Å². The fourth-order valence-corrected chi connectivity index (χ4v) is 2.19. The molecule has 96 valence electrons. The molecule has 0 saturated carbocycles. The van der Waals surface area contributed by atoms with Crippen LogP contribution in [0.25, 0.3) is 0 Å². The standard InChI is InChI=1S/C15H13ClN2O/c1-2-18-13(9-10-17)7-8-14(18)15(19)11-3-5-12(16)6-4-11/h3-8H,2,9H2,1H3. The minimum absolute atomic E-state index is 0.0530. The number of hydrogen-bond donors (Lipinski definition) is 0. The highest BCUT2D eigenvalue weighted by Gasteiger charge is 2.15. The van der Waals surface area contributed by atoms with Crippen molar-refractivity contribution < 1.29 is 4.79 Å². The van der Waals surface area contributed by atoms with Gasteiger partial charge in [-0.05, 0) is 43.3 Å². The van der Waals surface area contributed by atoms with Crippen molar-refractivity contribution in [3.63, 3.8) is 0 Å². The average molecular weight is 273 g/mol. The van der Waals surface area contributed by atoms with E-state index in [2.05, 4.69) is 6.07 Å². The Morgan fingerprint density at radius 3 is 2.53 bits per heavy atom. The Balaban J connectivity index is 2.39. The number of ketones is 1. The molecule has 0 bridgehead atoms. The lowest BCUT2D eigenvalue weighted by Crippen LogP contribution is -2.11. The predicted molar refractivity (Wildman–Crippen MR) is 74.3 cm³/mol. The second kappa shape index (κ2) is 5.73. The first-order valence-electron chi connectivity index (χ1n) is 6.03. The lowest BCUT2D eigenvalue weighted by molar-refractivity contribution is 0.103. The number of nitrogens with zero attached hydrogens (tertiary/aromatic N) is 2. The maximum absolute atomic E-state index is 12.4. The maximum Gasteiger partial charge on any atom is 0.209 e. The third-order valence-electron chi connectivity index (χ3n) is 2.99. The molecule has 0 radical (unpaired) electrons. The summed E-state index contributed by atoms with van der Waals surface area (Å²) in [5.41, 5.74) is 2.07. The molecule has 1 aromatic carbocycles. The zero-order chi connectivity index (χ0) is 13.8. The first-order valence-corrected chi connectivity index (χ1v) is 6.40. The Kier molecular flexibility index (Phi) is 4.03. The third kappa shape index (κ3) is 2.69. The summed E-state index contributed by atoms with van der Waals surface area (Å²) >= 11 is 5.81. The molecule has 1 heterocycles. The molecule has 4 heteroatoms. The van der Waals surface area contributed by atoms with Crippen molar-refractivity contribution in [2.24, 2.45) is 0 Å². The van der Waals surface area contributed by atoms with Gasteiger partial charge in [0.05, 0.1) is 18.2 Å². The normalized spacial score (nSPS) is 10.2. The molecule has 2 rings (SSSR count). The largest absolute Gasteiger partial charge is 0.341 e. The van der Waals surface area contributed by atoms with Gasteiger partial charge in [-0.3, -0.25) is 4.79 Å². The van der Waals surface area contributed by atoms with E-state index in [0.717, 1.165) is 5.69 Å². The van der Waals surface area contributed by atoms with Gasteiger partial charge in [0, 0.05) is 22.8 Å². The van der Waals surface area contributed by atoms with Gasteiger partial charge in [-0.25, -0.2) is 0 Å². The van der Waals surface area contributed by atoms with E-state index in [1.807, 2.05) is 17.6 Å². The summed E-state index contributed by atoms with van der Waals surface area (Å²) in [7, 11) is 0. The Labute approximate surface area is 117 Å². The summed E-state index contributed by atoms with van der Waals surface area (Å²) < 4.78 is 1.88. The van der Waals surface area contributed by atoms with Gasteiger partial charge < -0.3 is 4.57 Å². The SMILES string of the molecule is CCn1c(CC#N)ccc1C(=O)c1ccc(Cl)cc1. The van der Waals surface area contributed by atoms with E-state index in [1.54, 1.807) is 30.3 Å². The zero-order valence-corrected chi connectivity index (χ0v) is 11.3. The number of carbonyl (C=O) groups excluding carboxylic acids is 1. The topological polar surface area (TPSA) is 45.8 Å². The maximum atomic E-state index is 12.4. The summed E-state index contributed by atoms with van der Waals surface area (Å²) in [5.74, 6) is -0.0530. The number of benzene rings is 1. The van der Waals surface area contributed by atoms with E-state index < -0.39 is 0 Å². The van der Waals surface area contributed by atoms with E-state index in [1.165, 1.54) is 0 Å². The molecule has 3 nitrogen and oxygen atoms in total. The molecular weight excluding hydrogens is 260 g/mol. The molecule has 0 saturated heterocycles. The van der Waals surface area contributed by atoms with Crippen molar-refractivity contribution in [2.75, 3.05) is 0 Å². The highest BCUT2D eigenvalue weighted by Crippen LogP contribution is 2.17. The van der Waals surface area contributed by atoms with E-state index in [9.17, 15) is 4.79 Å². The number of aromatic nitrogens is 1. The van der Waals surface area contributed by atoms with Crippen LogP contribution in [-0.4, -0.2) is 10.4 Å². The number of nitriles is 1. The van der Waals surface area contributed by atoms with Crippen molar-refractivity contribution in [3.05, 3.63) is 58.4 Å². The lowest BCUT2D eigenvalue weighted by Gasteiger charge is -2.08. The second-order valence-electron chi connectivity index (χ2n) is 4.13. The Hall–Kier alpha value is -2.05. The van der Waals surface area contributed by atoms with E-state index in [4.69, 9.17) is 16.9 Å². The predicted octanol–water partition coefficient (Wildman–Crippen LogP) is 3.46. The molecule has 0 unspecified atom stereocenters. The third-order valence-corrected chi connectivity index (χ3v) is 3.24. The fraction of sp³-hybridized carbons (Fsp3) is 0.200. The van der Waals surface area contributed by atoms with Crippen molar-refractivity contribution in [3.8, 4) is 6.07 Å². The zero-order valence-electron chi connectivity index (χ0n) is 10.6. The minimum atomic E-state index is -0.0530. The van der Waals surface area contributed by atoms with Crippen LogP contribution in [0.15, 0.2) is 36.4 Å². The van der Waals surface area contributed by atoms with Gasteiger partial charge >= 0.3 is 0 Å². The van der Waals surface area contributed by atoms with Crippen LogP contribution in [0.1, 0.15) is 28.7 Å². The molecule has 0 aliphatic carbocycles. The summed E-state index contributed by atoms with van der Waals surface area (Å²) in [6.45, 7) is 2.62. The summed E-state index contributed by atoms with van der Waals surface area (Å²) in [6.07, 6.45) is 0.307. The monoisotopic (exact) mass is 272 g/mol. The Morgan fingerprint density at radius 2 is 1.95 bits per heavy atom. The van der Waals surface area contributed by atoms with Crippen molar-refractivity contribution >= 4 is 17.4 Å². The van der Waals surface area contributed by atoms with Gasteiger partial charge in [-0.2, -0.15) is 5.26 Å². The van der Waals surface area contributed by atoms with Gasteiger partial charge in [-0.1, -0.05) is 11.6 Å². The van der Waals surface area contributed by atoms with E-state index in [-0.39, 0.29) is 5.78 Å². The number of halogens is 1. The smallest absolute Gasteiger partial charge is 0.209 e. The summed E-state index contributed by atoms with van der Waals surface area (Å²) in [6, 6.07) is 12.5. The fourth-order valence-electron chi connectivity index (χ4n) is 2.07. The summed E-state index contributed by atoms with van der Waals surface area (Å²) in [4.78, 5) is 12.4. The van der Waals surface area contributed by atoms with Crippen LogP contribution in [0.4, 0.5) is 0 Å². The molecule has 0 aliphatic heterocycles. The average Bonchev–Trinajstić information content (AvgIpc) is 2.82. The van der Waals surface area contributed by atoms with Gasteiger partial charge in [0.15, 0.2) is 0 Å². The molecule has 0 N–H and O–H groups in total. The Morgan fingerprint density at radius 1 is 1.26 bits per heavy atom. The van der Waals surface area contributed by atoms with Gasteiger partial charge in [0.1, 0.15) is 0 Å². The van der Waals surface area contributed by atoms with Gasteiger partial charge in [-0.15, -0.1) is 0 Å². The molecule has 2 aromatic rings. The molecule has 0 amide bonds. The molecule has 1 aromatic heterocycles. The summed E-state index contributed by atoms with van der Waals surface area (Å²) in [5, 5.41) is 9.38. The first kappa shape index (κ1) is 13.4. The highest BCUT2D eigenvalue weighted by molar-refractivity contribution is 6.30. The molecule has 0 spiro atoms. The van der Waals surface area contributed by atoms with Crippen LogP contribution in [0.2, 0.25) is 5.02 Å². The van der Waals surface area contributed by atoms with E-state index in [0.29, 0.717) is 29.2 Å². The van der Waals surface area contributed by atoms with E-state index >= 15 is 0 Å².